The number of furan rings is 1. The lowest BCUT2D eigenvalue weighted by Crippen LogP contribution is -2.25. The molecular formula is C13H18BrN3O. The van der Waals surface area contributed by atoms with Gasteiger partial charge in [0.25, 0.3) is 0 Å². The number of nitrogens with one attached hydrogen (secondary N) is 1. The van der Waals surface area contributed by atoms with Gasteiger partial charge in [-0.2, -0.15) is 0 Å². The Balaban J connectivity index is 2.31. The topological polar surface area (TPSA) is 43.0 Å². The summed E-state index contributed by atoms with van der Waals surface area (Å²) in [7, 11) is 0. The van der Waals surface area contributed by atoms with Gasteiger partial charge in [-0.25, -0.2) is 4.98 Å². The lowest BCUT2D eigenvalue weighted by atomic mass is 10.2. The molecule has 1 unspecified atom stereocenters. The van der Waals surface area contributed by atoms with Crippen LogP contribution in [0.4, 0.5) is 0 Å². The number of halogens is 1. The quantitative estimate of drug-likeness (QED) is 0.889. The molecule has 2 aromatic heterocycles. The molecule has 18 heavy (non-hydrogen) atoms. The average Bonchev–Trinajstić information content (AvgIpc) is 2.96. The minimum absolute atomic E-state index is 0.00264. The van der Waals surface area contributed by atoms with Crippen molar-refractivity contribution in [2.75, 3.05) is 6.54 Å². The lowest BCUT2D eigenvalue weighted by Gasteiger charge is -2.16. The van der Waals surface area contributed by atoms with E-state index in [1.54, 1.807) is 0 Å². The SMILES string of the molecule is CCCn1ccnc1C(NCC)c1ccc(Br)o1. The van der Waals surface area contributed by atoms with Crippen LogP contribution in [0.5, 0.6) is 0 Å². The van der Waals surface area contributed by atoms with Gasteiger partial charge in [-0.05, 0) is 41.0 Å². The van der Waals surface area contributed by atoms with E-state index < -0.39 is 0 Å². The molecule has 0 aliphatic carbocycles. The second-order valence-corrected chi connectivity index (χ2v) is 4.89. The van der Waals surface area contributed by atoms with Crippen LogP contribution in [0.15, 0.2) is 33.6 Å². The first-order valence-electron chi connectivity index (χ1n) is 6.25. The Morgan fingerprint density at radius 1 is 1.44 bits per heavy atom. The van der Waals surface area contributed by atoms with Gasteiger partial charge in [-0.3, -0.25) is 0 Å². The van der Waals surface area contributed by atoms with E-state index in [-0.39, 0.29) is 6.04 Å². The van der Waals surface area contributed by atoms with Gasteiger partial charge < -0.3 is 14.3 Å². The fraction of sp³-hybridized carbons (Fsp3) is 0.462. The zero-order valence-corrected chi connectivity index (χ0v) is 12.3. The molecule has 0 saturated heterocycles. The molecule has 0 amide bonds. The number of aromatic nitrogens is 2. The number of hydrogen-bond donors (Lipinski definition) is 1. The van der Waals surface area contributed by atoms with E-state index in [1.807, 2.05) is 24.5 Å². The van der Waals surface area contributed by atoms with Crippen LogP contribution in [0.1, 0.15) is 37.9 Å². The van der Waals surface area contributed by atoms with Gasteiger partial charge in [0.2, 0.25) is 0 Å². The van der Waals surface area contributed by atoms with Crippen molar-refractivity contribution in [1.82, 2.24) is 14.9 Å². The summed E-state index contributed by atoms with van der Waals surface area (Å²) in [6.07, 6.45) is 4.94. The predicted molar refractivity (Wildman–Crippen MR) is 74.4 cm³/mol. The molecule has 0 aliphatic heterocycles. The largest absolute Gasteiger partial charge is 0.452 e. The van der Waals surface area contributed by atoms with Crippen LogP contribution in [0.2, 0.25) is 0 Å². The maximum absolute atomic E-state index is 5.66. The second kappa shape index (κ2) is 6.20. The Kier molecular flexibility index (Phi) is 4.60. The smallest absolute Gasteiger partial charge is 0.169 e. The molecule has 5 heteroatoms. The van der Waals surface area contributed by atoms with E-state index in [1.165, 1.54) is 0 Å². The Morgan fingerprint density at radius 2 is 2.28 bits per heavy atom. The van der Waals surface area contributed by atoms with Crippen molar-refractivity contribution in [1.29, 1.82) is 0 Å². The van der Waals surface area contributed by atoms with Crippen molar-refractivity contribution in [3.63, 3.8) is 0 Å². The third-order valence-electron chi connectivity index (χ3n) is 2.76. The second-order valence-electron chi connectivity index (χ2n) is 4.11. The van der Waals surface area contributed by atoms with E-state index in [0.29, 0.717) is 0 Å². The molecule has 0 bridgehead atoms. The zero-order valence-electron chi connectivity index (χ0n) is 10.7. The normalized spacial score (nSPS) is 12.8. The van der Waals surface area contributed by atoms with E-state index in [9.17, 15) is 0 Å². The van der Waals surface area contributed by atoms with Gasteiger partial charge in [0.1, 0.15) is 17.6 Å². The highest BCUT2D eigenvalue weighted by atomic mass is 79.9. The van der Waals surface area contributed by atoms with E-state index in [4.69, 9.17) is 4.42 Å². The number of aryl methyl sites for hydroxylation is 1. The molecular weight excluding hydrogens is 294 g/mol. The molecule has 2 rings (SSSR count). The summed E-state index contributed by atoms with van der Waals surface area (Å²) in [5.74, 6) is 1.88. The first-order valence-corrected chi connectivity index (χ1v) is 7.05. The maximum atomic E-state index is 5.66. The summed E-state index contributed by atoms with van der Waals surface area (Å²) in [5.41, 5.74) is 0. The number of imidazole rings is 1. The van der Waals surface area contributed by atoms with Crippen LogP contribution in [0.3, 0.4) is 0 Å². The van der Waals surface area contributed by atoms with Gasteiger partial charge in [-0.1, -0.05) is 13.8 Å². The average molecular weight is 312 g/mol. The van der Waals surface area contributed by atoms with Gasteiger partial charge in [-0.15, -0.1) is 0 Å². The minimum atomic E-state index is 0.00264. The summed E-state index contributed by atoms with van der Waals surface area (Å²) in [6, 6.07) is 3.89. The van der Waals surface area contributed by atoms with E-state index in [0.717, 1.165) is 35.8 Å². The molecule has 1 atom stereocenters. The summed E-state index contributed by atoms with van der Waals surface area (Å²) in [6.45, 7) is 6.08. The summed E-state index contributed by atoms with van der Waals surface area (Å²) >= 11 is 3.34. The predicted octanol–water partition coefficient (Wildman–Crippen LogP) is 3.35. The molecule has 0 saturated carbocycles. The molecule has 0 radical (unpaired) electrons. The highest BCUT2D eigenvalue weighted by Gasteiger charge is 2.21. The van der Waals surface area contributed by atoms with Crippen LogP contribution in [0.25, 0.3) is 0 Å². The highest BCUT2D eigenvalue weighted by Crippen LogP contribution is 2.25. The lowest BCUT2D eigenvalue weighted by molar-refractivity contribution is 0.418. The molecule has 1 N–H and O–H groups in total. The Morgan fingerprint density at radius 3 is 2.89 bits per heavy atom. The Hall–Kier alpha value is -1.07. The van der Waals surface area contributed by atoms with E-state index in [2.05, 4.69) is 44.6 Å². The zero-order chi connectivity index (χ0) is 13.0. The fourth-order valence-corrected chi connectivity index (χ4v) is 2.34. The Labute approximate surface area is 116 Å². The van der Waals surface area contributed by atoms with Crippen LogP contribution in [-0.2, 0) is 6.54 Å². The van der Waals surface area contributed by atoms with Crippen LogP contribution < -0.4 is 5.32 Å². The van der Waals surface area contributed by atoms with Gasteiger partial charge in [0, 0.05) is 18.9 Å². The van der Waals surface area contributed by atoms with Crippen molar-refractivity contribution < 1.29 is 4.42 Å². The summed E-state index contributed by atoms with van der Waals surface area (Å²) in [4.78, 5) is 4.46. The molecule has 0 aromatic carbocycles. The minimum Gasteiger partial charge on any atom is -0.452 e. The molecule has 0 fully saturated rings. The first kappa shape index (κ1) is 13.4. The van der Waals surface area contributed by atoms with Crippen LogP contribution >= 0.6 is 15.9 Å². The Bertz CT molecular complexity index is 492. The molecule has 0 aliphatic rings. The number of rotatable bonds is 6. The number of nitrogens with zero attached hydrogens (tertiary/aromatic N) is 2. The fourth-order valence-electron chi connectivity index (χ4n) is 2.02. The van der Waals surface area contributed by atoms with Gasteiger partial charge in [0.15, 0.2) is 4.67 Å². The van der Waals surface area contributed by atoms with E-state index >= 15 is 0 Å². The van der Waals surface area contributed by atoms with Crippen molar-refractivity contribution in [2.45, 2.75) is 32.9 Å². The highest BCUT2D eigenvalue weighted by molar-refractivity contribution is 9.10. The number of hydrogen-bond acceptors (Lipinski definition) is 3. The molecule has 2 heterocycles. The van der Waals surface area contributed by atoms with Crippen molar-refractivity contribution in [2.24, 2.45) is 0 Å². The molecule has 0 spiro atoms. The summed E-state index contributed by atoms with van der Waals surface area (Å²) < 4.78 is 8.57. The molecule has 4 nitrogen and oxygen atoms in total. The summed E-state index contributed by atoms with van der Waals surface area (Å²) in [5, 5.41) is 3.42. The van der Waals surface area contributed by atoms with Crippen molar-refractivity contribution in [3.8, 4) is 0 Å². The maximum Gasteiger partial charge on any atom is 0.169 e. The van der Waals surface area contributed by atoms with Crippen molar-refractivity contribution >= 4 is 15.9 Å². The molecule has 2 aromatic rings. The monoisotopic (exact) mass is 311 g/mol. The van der Waals surface area contributed by atoms with Gasteiger partial charge in [0.05, 0.1) is 0 Å². The third-order valence-corrected chi connectivity index (χ3v) is 3.18. The van der Waals surface area contributed by atoms with Crippen LogP contribution in [0, 0.1) is 0 Å². The van der Waals surface area contributed by atoms with Gasteiger partial charge >= 0.3 is 0 Å². The molecule has 98 valence electrons. The van der Waals surface area contributed by atoms with Crippen LogP contribution in [-0.4, -0.2) is 16.1 Å². The standard InChI is InChI=1S/C13H18BrN3O/c1-3-8-17-9-7-16-13(17)12(15-4-2)10-5-6-11(14)18-10/h5-7,9,12,15H,3-4,8H2,1-2H3. The van der Waals surface area contributed by atoms with Crippen molar-refractivity contribution in [3.05, 3.63) is 40.8 Å². The third kappa shape index (κ3) is 2.84. The first-order chi connectivity index (χ1) is 8.76.